The van der Waals surface area contributed by atoms with Crippen molar-refractivity contribution in [2.45, 2.75) is 46.1 Å². The Kier molecular flexibility index (Phi) is 4.67. The molecule has 0 aliphatic heterocycles. The van der Waals surface area contributed by atoms with Crippen LogP contribution in [0.5, 0.6) is 0 Å². The van der Waals surface area contributed by atoms with Crippen molar-refractivity contribution in [1.29, 1.82) is 0 Å². The summed E-state index contributed by atoms with van der Waals surface area (Å²) in [7, 11) is 1.79. The maximum Gasteiger partial charge on any atom is 0.244 e. The zero-order chi connectivity index (χ0) is 13.9. The highest BCUT2D eigenvalue weighted by molar-refractivity contribution is 7.09. The predicted molar refractivity (Wildman–Crippen MR) is 75.0 cm³/mol. The van der Waals surface area contributed by atoms with Crippen LogP contribution in [0.2, 0.25) is 0 Å². The SMILES string of the molecule is CCN(C)C(=O)C(C)Nc1nc(C(C)(C)C)ns1. The molecule has 0 saturated heterocycles. The smallest absolute Gasteiger partial charge is 0.244 e. The van der Waals surface area contributed by atoms with Gasteiger partial charge in [0, 0.05) is 30.5 Å². The molecule has 0 fully saturated rings. The van der Waals surface area contributed by atoms with E-state index in [-0.39, 0.29) is 17.4 Å². The highest BCUT2D eigenvalue weighted by Gasteiger charge is 2.22. The molecule has 1 unspecified atom stereocenters. The Bertz CT molecular complexity index is 410. The van der Waals surface area contributed by atoms with E-state index in [9.17, 15) is 4.79 Å². The summed E-state index contributed by atoms with van der Waals surface area (Å²) in [6, 6.07) is -0.282. The van der Waals surface area contributed by atoms with Crippen LogP contribution in [0.4, 0.5) is 5.13 Å². The Morgan fingerprint density at radius 1 is 1.50 bits per heavy atom. The Morgan fingerprint density at radius 2 is 2.11 bits per heavy atom. The molecular weight excluding hydrogens is 248 g/mol. The van der Waals surface area contributed by atoms with Gasteiger partial charge in [0.2, 0.25) is 11.0 Å². The lowest BCUT2D eigenvalue weighted by molar-refractivity contribution is -0.130. The summed E-state index contributed by atoms with van der Waals surface area (Å²) in [5.41, 5.74) is -0.0656. The monoisotopic (exact) mass is 270 g/mol. The van der Waals surface area contributed by atoms with E-state index in [2.05, 4.69) is 35.4 Å². The number of nitrogens with one attached hydrogen (secondary N) is 1. The second-order valence-electron chi connectivity index (χ2n) is 5.39. The fourth-order valence-electron chi connectivity index (χ4n) is 1.32. The van der Waals surface area contributed by atoms with Crippen molar-refractivity contribution in [2.24, 2.45) is 0 Å². The average Bonchev–Trinajstić information content (AvgIpc) is 2.75. The van der Waals surface area contributed by atoms with Crippen LogP contribution >= 0.6 is 11.5 Å². The van der Waals surface area contributed by atoms with Crippen LogP contribution in [0, 0.1) is 0 Å². The van der Waals surface area contributed by atoms with Crippen LogP contribution < -0.4 is 5.32 Å². The average molecular weight is 270 g/mol. The van der Waals surface area contributed by atoms with Crippen LogP contribution in [0.3, 0.4) is 0 Å². The van der Waals surface area contributed by atoms with E-state index >= 15 is 0 Å². The Balaban J connectivity index is 2.68. The molecule has 0 saturated carbocycles. The van der Waals surface area contributed by atoms with Crippen LogP contribution in [-0.4, -0.2) is 39.8 Å². The van der Waals surface area contributed by atoms with Gasteiger partial charge in [0.25, 0.3) is 0 Å². The van der Waals surface area contributed by atoms with Gasteiger partial charge in [-0.25, -0.2) is 4.98 Å². The van der Waals surface area contributed by atoms with Crippen molar-refractivity contribution in [3.8, 4) is 0 Å². The Hall–Kier alpha value is -1.17. The molecule has 0 aromatic carbocycles. The fraction of sp³-hybridized carbons (Fsp3) is 0.750. The zero-order valence-corrected chi connectivity index (χ0v) is 12.8. The molecule has 0 bridgehead atoms. The van der Waals surface area contributed by atoms with Crippen molar-refractivity contribution in [3.05, 3.63) is 5.82 Å². The first kappa shape index (κ1) is 14.9. The number of carbonyl (C=O) groups excluding carboxylic acids is 1. The third-order valence-electron chi connectivity index (χ3n) is 2.66. The highest BCUT2D eigenvalue weighted by atomic mass is 32.1. The molecule has 0 radical (unpaired) electrons. The minimum absolute atomic E-state index is 0.0602. The highest BCUT2D eigenvalue weighted by Crippen LogP contribution is 2.23. The topological polar surface area (TPSA) is 58.1 Å². The van der Waals surface area contributed by atoms with Gasteiger partial charge in [-0.1, -0.05) is 20.8 Å². The van der Waals surface area contributed by atoms with Gasteiger partial charge in [0.1, 0.15) is 11.9 Å². The molecule has 1 aromatic heterocycles. The fourth-order valence-corrected chi connectivity index (χ4v) is 2.16. The second kappa shape index (κ2) is 5.65. The van der Waals surface area contributed by atoms with Gasteiger partial charge in [0.05, 0.1) is 0 Å². The largest absolute Gasteiger partial charge is 0.349 e. The number of aromatic nitrogens is 2. The van der Waals surface area contributed by atoms with Gasteiger partial charge in [-0.15, -0.1) is 0 Å². The molecule has 0 aliphatic carbocycles. The van der Waals surface area contributed by atoms with Crippen LogP contribution in [0.25, 0.3) is 0 Å². The van der Waals surface area contributed by atoms with Gasteiger partial charge in [-0.3, -0.25) is 4.79 Å². The van der Waals surface area contributed by atoms with E-state index < -0.39 is 0 Å². The molecule has 1 aromatic rings. The minimum Gasteiger partial charge on any atom is -0.349 e. The molecular formula is C12H22N4OS. The van der Waals surface area contributed by atoms with E-state index in [1.54, 1.807) is 11.9 Å². The summed E-state index contributed by atoms with van der Waals surface area (Å²) in [6.07, 6.45) is 0. The maximum atomic E-state index is 11.9. The summed E-state index contributed by atoms with van der Waals surface area (Å²) in [5.74, 6) is 0.864. The third kappa shape index (κ3) is 3.66. The number of anilines is 1. The van der Waals surface area contributed by atoms with Crippen molar-refractivity contribution in [1.82, 2.24) is 14.3 Å². The lowest BCUT2D eigenvalue weighted by Gasteiger charge is -2.20. The predicted octanol–water partition coefficient (Wildman–Crippen LogP) is 2.11. The first-order valence-corrected chi connectivity index (χ1v) is 6.88. The number of likely N-dealkylation sites (N-methyl/N-ethyl adjacent to an activating group) is 1. The molecule has 0 spiro atoms. The number of hydrogen-bond acceptors (Lipinski definition) is 5. The summed E-state index contributed by atoms with van der Waals surface area (Å²) in [6.45, 7) is 10.7. The van der Waals surface area contributed by atoms with Crippen molar-refractivity contribution < 1.29 is 4.79 Å². The van der Waals surface area contributed by atoms with E-state index in [4.69, 9.17) is 0 Å². The lowest BCUT2D eigenvalue weighted by Crippen LogP contribution is -2.38. The Labute approximate surface area is 113 Å². The quantitative estimate of drug-likeness (QED) is 0.910. The molecule has 6 heteroatoms. The van der Waals surface area contributed by atoms with Gasteiger partial charge in [0.15, 0.2) is 0 Å². The molecule has 102 valence electrons. The number of rotatable bonds is 4. The first-order valence-electron chi connectivity index (χ1n) is 6.11. The molecule has 1 rings (SSSR count). The normalized spacial score (nSPS) is 13.2. The van der Waals surface area contributed by atoms with Crippen LogP contribution in [0.15, 0.2) is 0 Å². The number of carbonyl (C=O) groups is 1. The van der Waals surface area contributed by atoms with Crippen molar-refractivity contribution in [3.63, 3.8) is 0 Å². The first-order chi connectivity index (χ1) is 8.25. The number of amides is 1. The molecule has 0 aliphatic rings. The summed E-state index contributed by atoms with van der Waals surface area (Å²) < 4.78 is 4.31. The van der Waals surface area contributed by atoms with Crippen LogP contribution in [0.1, 0.15) is 40.4 Å². The number of nitrogens with zero attached hydrogens (tertiary/aromatic N) is 3. The number of hydrogen-bond donors (Lipinski definition) is 1. The van der Waals surface area contributed by atoms with Crippen molar-refractivity contribution in [2.75, 3.05) is 18.9 Å². The van der Waals surface area contributed by atoms with E-state index in [1.807, 2.05) is 13.8 Å². The zero-order valence-electron chi connectivity index (χ0n) is 11.9. The van der Waals surface area contributed by atoms with Crippen LogP contribution in [-0.2, 0) is 10.2 Å². The second-order valence-corrected chi connectivity index (χ2v) is 6.14. The molecule has 18 heavy (non-hydrogen) atoms. The molecule has 1 N–H and O–H groups in total. The van der Waals surface area contributed by atoms with E-state index in [1.165, 1.54) is 11.5 Å². The summed E-state index contributed by atoms with van der Waals surface area (Å²) in [4.78, 5) is 18.0. The molecule has 5 nitrogen and oxygen atoms in total. The molecule has 1 amide bonds. The third-order valence-corrected chi connectivity index (χ3v) is 3.30. The maximum absolute atomic E-state index is 11.9. The molecule has 1 heterocycles. The Morgan fingerprint density at radius 3 is 2.56 bits per heavy atom. The lowest BCUT2D eigenvalue weighted by atomic mass is 9.96. The van der Waals surface area contributed by atoms with Gasteiger partial charge < -0.3 is 10.2 Å². The van der Waals surface area contributed by atoms with Gasteiger partial charge in [-0.2, -0.15) is 4.37 Å². The standard InChI is InChI=1S/C12H22N4OS/c1-7-16(6)9(17)8(2)13-11-14-10(15-18-11)12(3,4)5/h8H,7H2,1-6H3,(H,13,14,15). The van der Waals surface area contributed by atoms with E-state index in [0.29, 0.717) is 11.7 Å². The minimum atomic E-state index is -0.282. The van der Waals surface area contributed by atoms with Crippen molar-refractivity contribution >= 4 is 22.6 Å². The summed E-state index contributed by atoms with van der Waals surface area (Å²) in [5, 5.41) is 3.80. The van der Waals surface area contributed by atoms with Gasteiger partial charge >= 0.3 is 0 Å². The summed E-state index contributed by atoms with van der Waals surface area (Å²) >= 11 is 1.30. The molecule has 1 atom stereocenters. The van der Waals surface area contributed by atoms with Gasteiger partial charge in [-0.05, 0) is 13.8 Å². The van der Waals surface area contributed by atoms with E-state index in [0.717, 1.165) is 5.82 Å².